The molecule has 1 amide bonds. The van der Waals surface area contributed by atoms with Crippen LogP contribution in [0.4, 0.5) is 0 Å². The lowest BCUT2D eigenvalue weighted by atomic mass is 10.1. The van der Waals surface area contributed by atoms with E-state index in [0.29, 0.717) is 24.9 Å². The van der Waals surface area contributed by atoms with Crippen LogP contribution in [0.3, 0.4) is 0 Å². The van der Waals surface area contributed by atoms with Crippen LogP contribution in [0, 0.1) is 11.8 Å². The number of carbonyl (C=O) groups is 1. The number of rotatable bonds is 6. The summed E-state index contributed by atoms with van der Waals surface area (Å²) in [4.78, 5) is 11.5. The fraction of sp³-hybridized carbons (Fsp3) is 0.909. The lowest BCUT2D eigenvalue weighted by molar-refractivity contribution is -0.122. The Hall–Kier alpha value is -0.610. The first kappa shape index (κ1) is 12.5. The first-order chi connectivity index (χ1) is 7.22. The highest BCUT2D eigenvalue weighted by molar-refractivity contribution is 5.76. The van der Waals surface area contributed by atoms with E-state index in [1.54, 1.807) is 7.11 Å². The second-order valence-electron chi connectivity index (χ2n) is 4.43. The summed E-state index contributed by atoms with van der Waals surface area (Å²) < 4.78 is 4.99. The van der Waals surface area contributed by atoms with Gasteiger partial charge in [0.2, 0.25) is 5.91 Å². The Morgan fingerprint density at radius 2 is 2.47 bits per heavy atom. The van der Waals surface area contributed by atoms with E-state index < -0.39 is 0 Å². The molecule has 15 heavy (non-hydrogen) atoms. The number of amides is 1. The van der Waals surface area contributed by atoms with Crippen molar-refractivity contribution in [2.24, 2.45) is 11.8 Å². The molecule has 1 saturated heterocycles. The maximum absolute atomic E-state index is 11.5. The molecule has 2 unspecified atom stereocenters. The number of carbonyl (C=O) groups excluding carboxylic acids is 1. The quantitative estimate of drug-likeness (QED) is 0.672. The van der Waals surface area contributed by atoms with Crippen molar-refractivity contribution in [2.75, 3.05) is 33.4 Å². The highest BCUT2D eigenvalue weighted by Crippen LogP contribution is 2.06. The molecule has 0 radical (unpaired) electrons. The SMILES string of the molecule is COCC(C)CC(=O)NCC1CCNC1. The van der Waals surface area contributed by atoms with E-state index in [4.69, 9.17) is 4.74 Å². The highest BCUT2D eigenvalue weighted by atomic mass is 16.5. The Morgan fingerprint density at radius 3 is 3.07 bits per heavy atom. The number of nitrogens with one attached hydrogen (secondary N) is 2. The summed E-state index contributed by atoms with van der Waals surface area (Å²) in [5.74, 6) is 1.06. The van der Waals surface area contributed by atoms with Crippen molar-refractivity contribution in [3.05, 3.63) is 0 Å². The topological polar surface area (TPSA) is 50.4 Å². The van der Waals surface area contributed by atoms with E-state index in [1.807, 2.05) is 6.92 Å². The molecule has 1 heterocycles. The second kappa shape index (κ2) is 6.80. The summed E-state index contributed by atoms with van der Waals surface area (Å²) in [6.45, 7) is 5.61. The zero-order chi connectivity index (χ0) is 11.1. The van der Waals surface area contributed by atoms with Gasteiger partial charge in [0.15, 0.2) is 0 Å². The zero-order valence-electron chi connectivity index (χ0n) is 9.71. The highest BCUT2D eigenvalue weighted by Gasteiger charge is 2.15. The van der Waals surface area contributed by atoms with Crippen LogP contribution >= 0.6 is 0 Å². The van der Waals surface area contributed by atoms with E-state index in [1.165, 1.54) is 6.42 Å². The van der Waals surface area contributed by atoms with Crippen LogP contribution < -0.4 is 10.6 Å². The molecular weight excluding hydrogens is 192 g/mol. The van der Waals surface area contributed by atoms with Crippen LogP contribution in [0.1, 0.15) is 19.8 Å². The standard InChI is InChI=1S/C11H22N2O2/c1-9(8-15-2)5-11(14)13-7-10-3-4-12-6-10/h9-10,12H,3-8H2,1-2H3,(H,13,14). The van der Waals surface area contributed by atoms with Gasteiger partial charge in [-0.15, -0.1) is 0 Å². The number of ether oxygens (including phenoxy) is 1. The number of hydrogen-bond acceptors (Lipinski definition) is 3. The summed E-state index contributed by atoms with van der Waals surface area (Å²) in [6.07, 6.45) is 1.74. The molecule has 0 saturated carbocycles. The Balaban J connectivity index is 2.07. The predicted octanol–water partition coefficient (Wildman–Crippen LogP) is 0.385. The Kier molecular flexibility index (Phi) is 5.65. The van der Waals surface area contributed by atoms with Crippen molar-refractivity contribution >= 4 is 5.91 Å². The smallest absolute Gasteiger partial charge is 0.220 e. The van der Waals surface area contributed by atoms with Gasteiger partial charge in [0.05, 0.1) is 0 Å². The van der Waals surface area contributed by atoms with Crippen LogP contribution in [0.2, 0.25) is 0 Å². The van der Waals surface area contributed by atoms with Gasteiger partial charge >= 0.3 is 0 Å². The molecule has 4 nitrogen and oxygen atoms in total. The monoisotopic (exact) mass is 214 g/mol. The maximum Gasteiger partial charge on any atom is 0.220 e. The molecule has 4 heteroatoms. The van der Waals surface area contributed by atoms with Gasteiger partial charge in [-0.3, -0.25) is 4.79 Å². The molecule has 88 valence electrons. The fourth-order valence-electron chi connectivity index (χ4n) is 1.88. The molecule has 2 atom stereocenters. The summed E-state index contributed by atoms with van der Waals surface area (Å²) in [6, 6.07) is 0. The Labute approximate surface area is 91.8 Å². The van der Waals surface area contributed by atoms with Crippen molar-refractivity contribution in [3.8, 4) is 0 Å². The van der Waals surface area contributed by atoms with Gasteiger partial charge in [-0.2, -0.15) is 0 Å². The zero-order valence-corrected chi connectivity index (χ0v) is 9.71. The van der Waals surface area contributed by atoms with Crippen molar-refractivity contribution in [3.63, 3.8) is 0 Å². The molecule has 0 aromatic carbocycles. The minimum atomic E-state index is 0.145. The molecule has 1 aliphatic rings. The predicted molar refractivity (Wildman–Crippen MR) is 59.6 cm³/mol. The Bertz CT molecular complexity index is 191. The van der Waals surface area contributed by atoms with Crippen molar-refractivity contribution < 1.29 is 9.53 Å². The molecule has 0 spiro atoms. The molecule has 2 N–H and O–H groups in total. The van der Waals surface area contributed by atoms with Crippen molar-refractivity contribution in [1.29, 1.82) is 0 Å². The summed E-state index contributed by atoms with van der Waals surface area (Å²) in [5.41, 5.74) is 0. The van der Waals surface area contributed by atoms with Crippen LogP contribution in [-0.4, -0.2) is 39.3 Å². The van der Waals surface area contributed by atoms with Crippen molar-refractivity contribution in [2.45, 2.75) is 19.8 Å². The number of hydrogen-bond donors (Lipinski definition) is 2. The van der Waals surface area contributed by atoms with E-state index in [2.05, 4.69) is 10.6 Å². The third-order valence-corrected chi connectivity index (χ3v) is 2.74. The van der Waals surface area contributed by atoms with E-state index in [0.717, 1.165) is 19.6 Å². The molecule has 0 bridgehead atoms. The molecule has 0 aromatic rings. The lowest BCUT2D eigenvalue weighted by Gasteiger charge is -2.12. The maximum atomic E-state index is 11.5. The average molecular weight is 214 g/mol. The molecular formula is C11H22N2O2. The van der Waals surface area contributed by atoms with E-state index >= 15 is 0 Å². The minimum Gasteiger partial charge on any atom is -0.384 e. The molecule has 1 aliphatic heterocycles. The summed E-state index contributed by atoms with van der Waals surface area (Å²) in [5, 5.41) is 6.27. The van der Waals surface area contributed by atoms with Crippen LogP contribution in [0.15, 0.2) is 0 Å². The first-order valence-corrected chi connectivity index (χ1v) is 5.68. The van der Waals surface area contributed by atoms with Gasteiger partial charge in [-0.1, -0.05) is 6.92 Å². The van der Waals surface area contributed by atoms with E-state index in [-0.39, 0.29) is 5.91 Å². The van der Waals surface area contributed by atoms with Crippen LogP contribution in [-0.2, 0) is 9.53 Å². The van der Waals surface area contributed by atoms with Gasteiger partial charge in [-0.25, -0.2) is 0 Å². The fourth-order valence-corrected chi connectivity index (χ4v) is 1.88. The number of methoxy groups -OCH3 is 1. The van der Waals surface area contributed by atoms with Gasteiger partial charge in [0.1, 0.15) is 0 Å². The summed E-state index contributed by atoms with van der Waals surface area (Å²) >= 11 is 0. The van der Waals surface area contributed by atoms with Gasteiger partial charge < -0.3 is 15.4 Å². The second-order valence-corrected chi connectivity index (χ2v) is 4.43. The minimum absolute atomic E-state index is 0.145. The largest absolute Gasteiger partial charge is 0.384 e. The average Bonchev–Trinajstić information content (AvgIpc) is 2.67. The third-order valence-electron chi connectivity index (χ3n) is 2.74. The van der Waals surface area contributed by atoms with Crippen LogP contribution in [0.5, 0.6) is 0 Å². The normalized spacial score (nSPS) is 22.7. The lowest BCUT2D eigenvalue weighted by Crippen LogP contribution is -2.31. The van der Waals surface area contributed by atoms with Crippen molar-refractivity contribution in [1.82, 2.24) is 10.6 Å². The van der Waals surface area contributed by atoms with Crippen LogP contribution in [0.25, 0.3) is 0 Å². The molecule has 1 fully saturated rings. The van der Waals surface area contributed by atoms with E-state index in [9.17, 15) is 4.79 Å². The summed E-state index contributed by atoms with van der Waals surface area (Å²) in [7, 11) is 1.67. The van der Waals surface area contributed by atoms with Gasteiger partial charge in [-0.05, 0) is 31.3 Å². The molecule has 0 aliphatic carbocycles. The van der Waals surface area contributed by atoms with Gasteiger partial charge in [0, 0.05) is 26.7 Å². The van der Waals surface area contributed by atoms with Gasteiger partial charge in [0.25, 0.3) is 0 Å². The first-order valence-electron chi connectivity index (χ1n) is 5.68. The Morgan fingerprint density at radius 1 is 1.67 bits per heavy atom. The third kappa shape index (κ3) is 5.14. The molecule has 1 rings (SSSR count). The molecule has 0 aromatic heterocycles.